The van der Waals surface area contributed by atoms with Crippen LogP contribution in [0.3, 0.4) is 0 Å². The molecule has 1 saturated heterocycles. The summed E-state index contributed by atoms with van der Waals surface area (Å²) in [7, 11) is 0. The smallest absolute Gasteiger partial charge is 0.256 e. The Hall–Kier alpha value is -2.56. The van der Waals surface area contributed by atoms with Crippen molar-refractivity contribution >= 4 is 11.6 Å². The van der Waals surface area contributed by atoms with Gasteiger partial charge in [-0.1, -0.05) is 32.0 Å². The van der Waals surface area contributed by atoms with Crippen LogP contribution in [0.4, 0.5) is 5.69 Å². The van der Waals surface area contributed by atoms with E-state index in [0.717, 1.165) is 25.9 Å². The van der Waals surface area contributed by atoms with E-state index < -0.39 is 0 Å². The second-order valence-corrected chi connectivity index (χ2v) is 7.13. The lowest BCUT2D eigenvalue weighted by Gasteiger charge is -2.34. The monoisotopic (exact) mass is 353 g/mol. The number of carbonyl (C=O) groups is 1. The van der Waals surface area contributed by atoms with Gasteiger partial charge >= 0.3 is 0 Å². The summed E-state index contributed by atoms with van der Waals surface area (Å²) in [5.74, 6) is 0.700. The fourth-order valence-corrected chi connectivity index (χ4v) is 3.11. The number of para-hydroxylation sites is 1. The average Bonchev–Trinajstić information content (AvgIpc) is 2.68. The number of aromatic nitrogens is 1. The highest BCUT2D eigenvalue weighted by Gasteiger charge is 2.23. The first-order chi connectivity index (χ1) is 12.6. The molecule has 1 amide bonds. The van der Waals surface area contributed by atoms with E-state index >= 15 is 0 Å². The van der Waals surface area contributed by atoms with Crippen LogP contribution in [-0.4, -0.2) is 36.6 Å². The van der Waals surface area contributed by atoms with Gasteiger partial charge in [-0.25, -0.2) is 4.98 Å². The van der Waals surface area contributed by atoms with E-state index in [1.54, 1.807) is 18.3 Å². The van der Waals surface area contributed by atoms with Crippen molar-refractivity contribution in [1.82, 2.24) is 10.3 Å². The van der Waals surface area contributed by atoms with Crippen molar-refractivity contribution in [2.75, 3.05) is 24.6 Å². The normalized spacial score (nSPS) is 15.1. The molecular weight excluding hydrogens is 326 g/mol. The number of nitrogens with one attached hydrogen (secondary N) is 1. The molecule has 2 aromatic rings. The lowest BCUT2D eigenvalue weighted by molar-refractivity contribution is 0.0925. The molecule has 138 valence electrons. The van der Waals surface area contributed by atoms with Gasteiger partial charge in [0.1, 0.15) is 5.56 Å². The third kappa shape index (κ3) is 4.75. The van der Waals surface area contributed by atoms with E-state index in [2.05, 4.69) is 53.3 Å². The number of pyridine rings is 1. The number of hydrogen-bond donors (Lipinski definition) is 1. The highest BCUT2D eigenvalue weighted by molar-refractivity contribution is 5.96. The molecule has 1 aromatic carbocycles. The molecule has 1 aliphatic rings. The third-order valence-electron chi connectivity index (χ3n) is 4.52. The Kier molecular flexibility index (Phi) is 6.10. The molecule has 1 aliphatic heterocycles. The van der Waals surface area contributed by atoms with Crippen LogP contribution >= 0.6 is 0 Å². The quantitative estimate of drug-likeness (QED) is 0.863. The second kappa shape index (κ2) is 8.70. The maximum atomic E-state index is 12.7. The minimum atomic E-state index is -0.102. The number of rotatable bonds is 6. The Bertz CT molecular complexity index is 710. The molecule has 1 fully saturated rings. The Balaban J connectivity index is 1.56. The molecule has 2 heterocycles. The minimum Gasteiger partial charge on any atom is -0.477 e. The van der Waals surface area contributed by atoms with Crippen molar-refractivity contribution in [3.63, 3.8) is 0 Å². The van der Waals surface area contributed by atoms with Crippen LogP contribution < -0.4 is 15.0 Å². The van der Waals surface area contributed by atoms with Crippen LogP contribution in [0, 0.1) is 5.92 Å². The number of amides is 1. The molecule has 0 spiro atoms. The van der Waals surface area contributed by atoms with E-state index in [1.165, 1.54) is 5.69 Å². The molecule has 5 nitrogen and oxygen atoms in total. The predicted molar refractivity (Wildman–Crippen MR) is 104 cm³/mol. The van der Waals surface area contributed by atoms with Gasteiger partial charge in [0.15, 0.2) is 0 Å². The van der Waals surface area contributed by atoms with Gasteiger partial charge in [-0.05, 0) is 43.0 Å². The van der Waals surface area contributed by atoms with Crippen LogP contribution in [-0.2, 0) is 0 Å². The summed E-state index contributed by atoms with van der Waals surface area (Å²) >= 11 is 0. The Morgan fingerprint density at radius 3 is 2.62 bits per heavy atom. The maximum Gasteiger partial charge on any atom is 0.256 e. The number of ether oxygens (including phenoxy) is 1. The van der Waals surface area contributed by atoms with Crippen LogP contribution in [0.2, 0.25) is 0 Å². The zero-order valence-corrected chi connectivity index (χ0v) is 15.5. The number of carbonyl (C=O) groups excluding carboxylic acids is 1. The van der Waals surface area contributed by atoms with E-state index in [4.69, 9.17) is 4.74 Å². The van der Waals surface area contributed by atoms with Gasteiger partial charge in [-0.3, -0.25) is 4.79 Å². The molecule has 0 aliphatic carbocycles. The summed E-state index contributed by atoms with van der Waals surface area (Å²) in [6, 6.07) is 14.1. The van der Waals surface area contributed by atoms with Gasteiger partial charge in [0.2, 0.25) is 5.88 Å². The molecule has 0 radical (unpaired) electrons. The van der Waals surface area contributed by atoms with E-state index in [-0.39, 0.29) is 11.9 Å². The van der Waals surface area contributed by atoms with E-state index in [1.807, 2.05) is 6.07 Å². The first-order valence-electron chi connectivity index (χ1n) is 9.32. The first-order valence-corrected chi connectivity index (χ1v) is 9.32. The number of piperidine rings is 1. The Morgan fingerprint density at radius 2 is 1.92 bits per heavy atom. The van der Waals surface area contributed by atoms with Gasteiger partial charge in [-0.2, -0.15) is 0 Å². The molecule has 0 bridgehead atoms. The van der Waals surface area contributed by atoms with Crippen molar-refractivity contribution in [1.29, 1.82) is 0 Å². The van der Waals surface area contributed by atoms with Crippen molar-refractivity contribution in [2.24, 2.45) is 5.92 Å². The van der Waals surface area contributed by atoms with Crippen molar-refractivity contribution in [3.05, 3.63) is 54.2 Å². The number of hydrogen-bond acceptors (Lipinski definition) is 4. The molecule has 1 aromatic heterocycles. The van der Waals surface area contributed by atoms with Gasteiger partial charge < -0.3 is 15.0 Å². The fraction of sp³-hybridized carbons (Fsp3) is 0.429. The second-order valence-electron chi connectivity index (χ2n) is 7.13. The van der Waals surface area contributed by atoms with E-state index in [0.29, 0.717) is 24.0 Å². The standard InChI is InChI=1S/C21H27N3O2/c1-16(2)15-26-21-19(9-6-12-22-21)20(25)23-17-10-13-24(14-11-17)18-7-4-3-5-8-18/h3-9,12,16-17H,10-11,13-15H2,1-2H3,(H,23,25). The Morgan fingerprint density at radius 1 is 1.19 bits per heavy atom. The third-order valence-corrected chi connectivity index (χ3v) is 4.52. The van der Waals surface area contributed by atoms with Gasteiger partial charge in [0.05, 0.1) is 6.61 Å². The highest BCUT2D eigenvalue weighted by Crippen LogP contribution is 2.21. The maximum absolute atomic E-state index is 12.7. The molecule has 26 heavy (non-hydrogen) atoms. The van der Waals surface area contributed by atoms with Gasteiger partial charge in [0, 0.05) is 31.0 Å². The van der Waals surface area contributed by atoms with Crippen molar-refractivity contribution in [2.45, 2.75) is 32.7 Å². The van der Waals surface area contributed by atoms with Gasteiger partial charge in [0.25, 0.3) is 5.91 Å². The van der Waals surface area contributed by atoms with Crippen LogP contribution in [0.15, 0.2) is 48.7 Å². The summed E-state index contributed by atoms with van der Waals surface area (Å²) in [5.41, 5.74) is 1.76. The number of anilines is 1. The summed E-state index contributed by atoms with van der Waals surface area (Å²) in [6.07, 6.45) is 3.52. The van der Waals surface area contributed by atoms with Crippen LogP contribution in [0.1, 0.15) is 37.0 Å². The van der Waals surface area contributed by atoms with Crippen molar-refractivity contribution in [3.8, 4) is 5.88 Å². The molecule has 5 heteroatoms. The number of nitrogens with zero attached hydrogens (tertiary/aromatic N) is 2. The highest BCUT2D eigenvalue weighted by atomic mass is 16.5. The zero-order chi connectivity index (χ0) is 18.4. The van der Waals surface area contributed by atoms with Crippen LogP contribution in [0.5, 0.6) is 5.88 Å². The summed E-state index contributed by atoms with van der Waals surface area (Å²) in [5, 5.41) is 3.15. The fourth-order valence-electron chi connectivity index (χ4n) is 3.11. The molecule has 1 N–H and O–H groups in total. The molecule has 0 saturated carbocycles. The zero-order valence-electron chi connectivity index (χ0n) is 15.5. The molecule has 3 rings (SSSR count). The number of benzene rings is 1. The largest absolute Gasteiger partial charge is 0.477 e. The molecule has 0 unspecified atom stereocenters. The molecule has 0 atom stereocenters. The summed E-state index contributed by atoms with van der Waals surface area (Å²) in [6.45, 7) is 6.58. The van der Waals surface area contributed by atoms with E-state index in [9.17, 15) is 4.79 Å². The summed E-state index contributed by atoms with van der Waals surface area (Å²) < 4.78 is 5.70. The first kappa shape index (κ1) is 18.2. The SMILES string of the molecule is CC(C)COc1ncccc1C(=O)NC1CCN(c2ccccc2)CC1. The lowest BCUT2D eigenvalue weighted by Crippen LogP contribution is -2.44. The topological polar surface area (TPSA) is 54.5 Å². The Labute approximate surface area is 155 Å². The molecular formula is C21H27N3O2. The minimum absolute atomic E-state index is 0.102. The van der Waals surface area contributed by atoms with Crippen LogP contribution in [0.25, 0.3) is 0 Å². The van der Waals surface area contributed by atoms with Crippen molar-refractivity contribution < 1.29 is 9.53 Å². The predicted octanol–water partition coefficient (Wildman–Crippen LogP) is 3.52. The summed E-state index contributed by atoms with van der Waals surface area (Å²) in [4.78, 5) is 19.3. The van der Waals surface area contributed by atoms with Gasteiger partial charge in [-0.15, -0.1) is 0 Å². The lowest BCUT2D eigenvalue weighted by atomic mass is 10.0. The average molecular weight is 353 g/mol.